The van der Waals surface area contributed by atoms with Gasteiger partial charge in [0.2, 0.25) is 0 Å². The van der Waals surface area contributed by atoms with Gasteiger partial charge in [0.1, 0.15) is 0 Å². The summed E-state index contributed by atoms with van der Waals surface area (Å²) >= 11 is 1.83. The number of aliphatic imine (C=N–C) groups is 1. The summed E-state index contributed by atoms with van der Waals surface area (Å²) in [5.74, 6) is 1.91. The van der Waals surface area contributed by atoms with E-state index in [0.29, 0.717) is 0 Å². The van der Waals surface area contributed by atoms with Gasteiger partial charge >= 0.3 is 0 Å². The van der Waals surface area contributed by atoms with Gasteiger partial charge in [0.25, 0.3) is 0 Å². The molecule has 3 nitrogen and oxygen atoms in total. The smallest absolute Gasteiger partial charge is 0.193 e. The normalized spacial score (nSPS) is 17.5. The van der Waals surface area contributed by atoms with Crippen LogP contribution in [0, 0.1) is 5.92 Å². The van der Waals surface area contributed by atoms with Crippen molar-refractivity contribution < 1.29 is 0 Å². The molecule has 0 unspecified atom stereocenters. The Kier molecular flexibility index (Phi) is 7.47. The van der Waals surface area contributed by atoms with Crippen molar-refractivity contribution >= 4 is 41.3 Å². The molecule has 1 aliphatic heterocycles. The van der Waals surface area contributed by atoms with Crippen molar-refractivity contribution in [1.29, 1.82) is 0 Å². The first-order valence-corrected chi connectivity index (χ1v) is 8.40. The molecule has 0 radical (unpaired) electrons. The number of piperidine rings is 1. The highest BCUT2D eigenvalue weighted by molar-refractivity contribution is 14.0. The SMILES string of the molecule is CN=C(NCC(C)(C)c1cccs1)N1CCC(C)CC1.I. The summed E-state index contributed by atoms with van der Waals surface area (Å²) in [5, 5.41) is 5.72. The Morgan fingerprint density at radius 3 is 2.62 bits per heavy atom. The van der Waals surface area contributed by atoms with Crippen LogP contribution in [0.2, 0.25) is 0 Å². The predicted octanol–water partition coefficient (Wildman–Crippen LogP) is 3.95. The van der Waals surface area contributed by atoms with E-state index in [4.69, 9.17) is 0 Å². The van der Waals surface area contributed by atoms with E-state index in [0.717, 1.165) is 31.5 Å². The molecule has 1 N–H and O–H groups in total. The van der Waals surface area contributed by atoms with E-state index in [1.807, 2.05) is 18.4 Å². The molecule has 0 aliphatic carbocycles. The van der Waals surface area contributed by atoms with Gasteiger partial charge in [0, 0.05) is 37.0 Å². The zero-order chi connectivity index (χ0) is 14.6. The molecule has 1 fully saturated rings. The largest absolute Gasteiger partial charge is 0.355 e. The fraction of sp³-hybridized carbons (Fsp3) is 0.688. The first-order chi connectivity index (χ1) is 9.53. The fourth-order valence-corrected chi connectivity index (χ4v) is 3.46. The van der Waals surface area contributed by atoms with Gasteiger partial charge in [-0.3, -0.25) is 4.99 Å². The second-order valence-electron chi connectivity index (χ2n) is 6.43. The summed E-state index contributed by atoms with van der Waals surface area (Å²) < 4.78 is 0. The molecule has 1 aromatic heterocycles. The second-order valence-corrected chi connectivity index (χ2v) is 7.38. The van der Waals surface area contributed by atoms with E-state index in [-0.39, 0.29) is 29.4 Å². The maximum Gasteiger partial charge on any atom is 0.193 e. The summed E-state index contributed by atoms with van der Waals surface area (Å²) in [4.78, 5) is 8.27. The van der Waals surface area contributed by atoms with Gasteiger partial charge in [-0.25, -0.2) is 0 Å². The molecule has 120 valence electrons. The monoisotopic (exact) mass is 421 g/mol. The van der Waals surface area contributed by atoms with E-state index >= 15 is 0 Å². The van der Waals surface area contributed by atoms with E-state index in [9.17, 15) is 0 Å². The van der Waals surface area contributed by atoms with Crippen LogP contribution in [-0.2, 0) is 5.41 Å². The summed E-state index contributed by atoms with van der Waals surface area (Å²) in [6, 6.07) is 4.35. The number of thiophene rings is 1. The van der Waals surface area contributed by atoms with Gasteiger partial charge in [-0.2, -0.15) is 0 Å². The minimum absolute atomic E-state index is 0. The molecule has 2 rings (SSSR count). The van der Waals surface area contributed by atoms with E-state index in [1.54, 1.807) is 0 Å². The maximum atomic E-state index is 4.46. The van der Waals surface area contributed by atoms with Crippen LogP contribution in [0.25, 0.3) is 0 Å². The number of hydrogen-bond acceptors (Lipinski definition) is 2. The topological polar surface area (TPSA) is 27.6 Å². The number of hydrogen-bond donors (Lipinski definition) is 1. The van der Waals surface area contributed by atoms with E-state index in [1.165, 1.54) is 17.7 Å². The number of nitrogens with one attached hydrogen (secondary N) is 1. The van der Waals surface area contributed by atoms with E-state index in [2.05, 4.69) is 53.5 Å². The first kappa shape index (κ1) is 18.7. The van der Waals surface area contributed by atoms with Crippen molar-refractivity contribution in [3.63, 3.8) is 0 Å². The third-order valence-corrected chi connectivity index (χ3v) is 5.41. The number of halogens is 1. The van der Waals surface area contributed by atoms with Crippen LogP contribution in [0.1, 0.15) is 38.5 Å². The highest BCUT2D eigenvalue weighted by atomic mass is 127. The van der Waals surface area contributed by atoms with E-state index < -0.39 is 0 Å². The number of guanidine groups is 1. The van der Waals surface area contributed by atoms with Crippen LogP contribution < -0.4 is 5.32 Å². The quantitative estimate of drug-likeness (QED) is 0.455. The Labute approximate surface area is 150 Å². The molecule has 0 spiro atoms. The van der Waals surface area contributed by atoms with Crippen molar-refractivity contribution in [2.24, 2.45) is 10.9 Å². The van der Waals surface area contributed by atoms with Gasteiger partial charge in [-0.15, -0.1) is 35.3 Å². The lowest BCUT2D eigenvalue weighted by atomic mass is 9.91. The standard InChI is InChI=1S/C16H27N3S.HI/c1-13-7-9-19(10-8-13)15(17-4)18-12-16(2,3)14-6-5-11-20-14;/h5-6,11,13H,7-10,12H2,1-4H3,(H,17,18);1H. The number of nitrogens with zero attached hydrogens (tertiary/aromatic N) is 2. The van der Waals surface area contributed by atoms with Gasteiger partial charge < -0.3 is 10.2 Å². The average molecular weight is 421 g/mol. The Morgan fingerprint density at radius 2 is 2.10 bits per heavy atom. The Morgan fingerprint density at radius 1 is 1.43 bits per heavy atom. The first-order valence-electron chi connectivity index (χ1n) is 7.52. The molecule has 5 heteroatoms. The molecule has 0 aromatic carbocycles. The lowest BCUT2D eigenvalue weighted by Gasteiger charge is -2.34. The predicted molar refractivity (Wildman–Crippen MR) is 104 cm³/mol. The van der Waals surface area contributed by atoms with Crippen LogP contribution in [-0.4, -0.2) is 37.5 Å². The van der Waals surface area contributed by atoms with Gasteiger partial charge in [-0.05, 0) is 30.2 Å². The molecule has 1 saturated heterocycles. The summed E-state index contributed by atoms with van der Waals surface area (Å²) in [6.45, 7) is 10.1. The van der Waals surface area contributed by atoms with Crippen molar-refractivity contribution in [3.05, 3.63) is 22.4 Å². The summed E-state index contributed by atoms with van der Waals surface area (Å²) in [7, 11) is 1.89. The zero-order valence-electron chi connectivity index (χ0n) is 13.6. The molecule has 21 heavy (non-hydrogen) atoms. The van der Waals surface area contributed by atoms with Crippen LogP contribution in [0.4, 0.5) is 0 Å². The van der Waals surface area contributed by atoms with Gasteiger partial charge in [-0.1, -0.05) is 26.8 Å². The average Bonchev–Trinajstić information content (AvgIpc) is 2.96. The van der Waals surface area contributed by atoms with Crippen molar-refractivity contribution in [3.8, 4) is 0 Å². The third-order valence-electron chi connectivity index (χ3n) is 4.17. The number of rotatable bonds is 3. The van der Waals surface area contributed by atoms with Crippen LogP contribution >= 0.6 is 35.3 Å². The maximum absolute atomic E-state index is 4.46. The molecule has 0 saturated carbocycles. The minimum atomic E-state index is 0. The third kappa shape index (κ3) is 5.13. The Hall–Kier alpha value is -0.300. The van der Waals surface area contributed by atoms with Crippen LogP contribution in [0.15, 0.2) is 22.5 Å². The summed E-state index contributed by atoms with van der Waals surface area (Å²) in [5.41, 5.74) is 0.146. The molecule has 0 atom stereocenters. The molecule has 0 amide bonds. The van der Waals surface area contributed by atoms with Crippen LogP contribution in [0.5, 0.6) is 0 Å². The highest BCUT2D eigenvalue weighted by Gasteiger charge is 2.24. The Balaban J connectivity index is 0.00000220. The lowest BCUT2D eigenvalue weighted by Crippen LogP contribution is -2.48. The number of likely N-dealkylation sites (tertiary alicyclic amines) is 1. The lowest BCUT2D eigenvalue weighted by molar-refractivity contribution is 0.272. The molecule has 1 aromatic rings. The van der Waals surface area contributed by atoms with Crippen LogP contribution in [0.3, 0.4) is 0 Å². The minimum Gasteiger partial charge on any atom is -0.355 e. The second kappa shape index (κ2) is 8.36. The van der Waals surface area contributed by atoms with Crippen molar-refractivity contribution in [2.75, 3.05) is 26.7 Å². The van der Waals surface area contributed by atoms with Crippen molar-refractivity contribution in [2.45, 2.75) is 39.0 Å². The molecular formula is C16H28IN3S. The van der Waals surface area contributed by atoms with Crippen molar-refractivity contribution in [1.82, 2.24) is 10.2 Å². The molecule has 1 aliphatic rings. The van der Waals surface area contributed by atoms with Gasteiger partial charge in [0.05, 0.1) is 0 Å². The molecule has 2 heterocycles. The zero-order valence-corrected chi connectivity index (χ0v) is 16.7. The highest BCUT2D eigenvalue weighted by Crippen LogP contribution is 2.26. The Bertz CT molecular complexity index is 434. The molecule has 0 bridgehead atoms. The fourth-order valence-electron chi connectivity index (χ4n) is 2.60. The molecular weight excluding hydrogens is 393 g/mol. The summed E-state index contributed by atoms with van der Waals surface area (Å²) in [6.07, 6.45) is 2.55. The van der Waals surface area contributed by atoms with Gasteiger partial charge in [0.15, 0.2) is 5.96 Å².